The molecule has 1 fully saturated rings. The van der Waals surface area contributed by atoms with Gasteiger partial charge in [-0.1, -0.05) is 0 Å². The van der Waals surface area contributed by atoms with Crippen molar-refractivity contribution in [2.24, 2.45) is 0 Å². The Hall–Kier alpha value is -3.17. The Labute approximate surface area is 156 Å². The Morgan fingerprint density at radius 2 is 1.67 bits per heavy atom. The van der Waals surface area contributed by atoms with Crippen molar-refractivity contribution in [3.63, 3.8) is 0 Å². The number of hydrogen-bond acceptors (Lipinski definition) is 9. The van der Waals surface area contributed by atoms with Gasteiger partial charge in [-0.25, -0.2) is 9.78 Å². The molecule has 146 valence electrons. The molecule has 1 saturated heterocycles. The summed E-state index contributed by atoms with van der Waals surface area (Å²) in [6, 6.07) is 1.73. The molecule has 2 aromatic rings. The minimum atomic E-state index is -0.341. The van der Waals surface area contributed by atoms with Crippen LogP contribution < -0.4 is 24.8 Å². The van der Waals surface area contributed by atoms with Crippen LogP contribution in [0.2, 0.25) is 0 Å². The molecule has 0 saturated carbocycles. The molecule has 0 radical (unpaired) electrons. The molecule has 2 heterocycles. The largest absolute Gasteiger partial charge is 0.493 e. The number of hydrogen-bond donors (Lipinski definition) is 1. The number of benzene rings is 1. The van der Waals surface area contributed by atoms with Crippen LogP contribution in [0.1, 0.15) is 0 Å². The molecule has 0 aliphatic carbocycles. The van der Waals surface area contributed by atoms with Crippen LogP contribution in [0.25, 0.3) is 10.9 Å². The zero-order chi connectivity index (χ0) is 19.6. The smallest absolute Gasteiger partial charge is 0.409 e. The fourth-order valence-corrected chi connectivity index (χ4v) is 3.10. The van der Waals surface area contributed by atoms with Gasteiger partial charge >= 0.3 is 6.09 Å². The molecule has 10 heteroatoms. The molecule has 10 nitrogen and oxygen atoms in total. The van der Waals surface area contributed by atoms with Gasteiger partial charge in [0.05, 0.1) is 33.8 Å². The molecule has 1 aromatic carbocycles. The van der Waals surface area contributed by atoms with Gasteiger partial charge in [0.15, 0.2) is 11.5 Å². The van der Waals surface area contributed by atoms with Gasteiger partial charge in [0.2, 0.25) is 11.7 Å². The van der Waals surface area contributed by atoms with E-state index in [1.165, 1.54) is 28.4 Å². The number of carbonyl (C=O) groups excluding carboxylic acids is 1. The lowest BCUT2D eigenvalue weighted by molar-refractivity contribution is 0.121. The summed E-state index contributed by atoms with van der Waals surface area (Å²) in [4.78, 5) is 24.3. The first-order valence-corrected chi connectivity index (χ1v) is 8.38. The lowest BCUT2D eigenvalue weighted by Crippen LogP contribution is -2.49. The van der Waals surface area contributed by atoms with Crippen molar-refractivity contribution >= 4 is 28.8 Å². The minimum Gasteiger partial charge on any atom is -0.493 e. The molecule has 1 aliphatic heterocycles. The zero-order valence-electron chi connectivity index (χ0n) is 15.8. The van der Waals surface area contributed by atoms with E-state index in [1.54, 1.807) is 11.0 Å². The third-order valence-electron chi connectivity index (χ3n) is 4.51. The molecule has 0 bridgehead atoms. The number of nitrogens with two attached hydrogens (primary N) is 1. The van der Waals surface area contributed by atoms with Crippen LogP contribution in [-0.4, -0.2) is 75.6 Å². The fourth-order valence-electron chi connectivity index (χ4n) is 3.10. The second-order valence-electron chi connectivity index (χ2n) is 5.89. The van der Waals surface area contributed by atoms with Crippen molar-refractivity contribution in [2.45, 2.75) is 0 Å². The van der Waals surface area contributed by atoms with E-state index in [2.05, 4.69) is 9.97 Å². The number of methoxy groups -OCH3 is 4. The maximum atomic E-state index is 11.6. The van der Waals surface area contributed by atoms with E-state index in [4.69, 9.17) is 24.7 Å². The summed E-state index contributed by atoms with van der Waals surface area (Å²) in [7, 11) is 5.97. The quantitative estimate of drug-likeness (QED) is 0.837. The highest BCUT2D eigenvalue weighted by Crippen LogP contribution is 2.44. The zero-order valence-corrected chi connectivity index (χ0v) is 15.8. The van der Waals surface area contributed by atoms with Gasteiger partial charge in [-0.15, -0.1) is 0 Å². The SMILES string of the molecule is COC(=O)N1CCN(c2nc(N)c3cc(OC)c(OC)c(OC)c3n2)CC1. The minimum absolute atomic E-state index is 0.310. The van der Waals surface area contributed by atoms with Gasteiger partial charge in [0, 0.05) is 26.2 Å². The monoisotopic (exact) mass is 377 g/mol. The van der Waals surface area contributed by atoms with E-state index in [0.717, 1.165) is 0 Å². The molecule has 1 amide bonds. The molecular weight excluding hydrogens is 354 g/mol. The second-order valence-corrected chi connectivity index (χ2v) is 5.89. The number of piperazine rings is 1. The molecule has 2 N–H and O–H groups in total. The number of nitrogens with zero attached hydrogens (tertiary/aromatic N) is 4. The summed E-state index contributed by atoms with van der Waals surface area (Å²) in [5.74, 6) is 2.12. The fraction of sp³-hybridized carbons (Fsp3) is 0.471. The Balaban J connectivity index is 2.00. The summed E-state index contributed by atoms with van der Waals surface area (Å²) in [5.41, 5.74) is 6.72. The predicted octanol–water partition coefficient (Wildman–Crippen LogP) is 1.13. The number of amides is 1. The van der Waals surface area contributed by atoms with Crippen LogP contribution in [0, 0.1) is 0 Å². The first-order chi connectivity index (χ1) is 13.0. The lowest BCUT2D eigenvalue weighted by atomic mass is 10.2. The first-order valence-electron chi connectivity index (χ1n) is 8.38. The predicted molar refractivity (Wildman–Crippen MR) is 99.8 cm³/mol. The van der Waals surface area contributed by atoms with Crippen LogP contribution in [0.5, 0.6) is 17.2 Å². The summed E-state index contributed by atoms with van der Waals surface area (Å²) in [6.45, 7) is 2.15. The number of fused-ring (bicyclic) bond motifs is 1. The summed E-state index contributed by atoms with van der Waals surface area (Å²) >= 11 is 0. The molecule has 27 heavy (non-hydrogen) atoms. The summed E-state index contributed by atoms with van der Waals surface area (Å²) in [6.07, 6.45) is -0.341. The van der Waals surface area contributed by atoms with E-state index in [9.17, 15) is 4.79 Å². The number of rotatable bonds is 4. The summed E-state index contributed by atoms with van der Waals surface area (Å²) in [5, 5.41) is 0.612. The molecule has 0 spiro atoms. The van der Waals surface area contributed by atoms with Crippen molar-refractivity contribution < 1.29 is 23.7 Å². The highest BCUT2D eigenvalue weighted by Gasteiger charge is 2.25. The molecule has 0 unspecified atom stereocenters. The standard InChI is InChI=1S/C17H23N5O5/c1-24-11-9-10-12(14(26-3)13(11)25-2)19-16(20-15(10)18)21-5-7-22(8-6-21)17(23)27-4/h9H,5-8H2,1-4H3,(H2,18,19,20). The highest BCUT2D eigenvalue weighted by atomic mass is 16.5. The van der Waals surface area contributed by atoms with Gasteiger partial charge in [-0.05, 0) is 6.07 Å². The van der Waals surface area contributed by atoms with Crippen LogP contribution >= 0.6 is 0 Å². The first kappa shape index (κ1) is 18.6. The summed E-state index contributed by atoms with van der Waals surface area (Å²) < 4.78 is 21.1. The number of ether oxygens (including phenoxy) is 4. The average Bonchev–Trinajstić information content (AvgIpc) is 2.71. The molecule has 3 rings (SSSR count). The molecule has 0 atom stereocenters. The van der Waals surface area contributed by atoms with Crippen molar-refractivity contribution in [2.75, 3.05) is 65.3 Å². The van der Waals surface area contributed by atoms with E-state index < -0.39 is 0 Å². The maximum Gasteiger partial charge on any atom is 0.409 e. The van der Waals surface area contributed by atoms with Crippen LogP contribution in [0.15, 0.2) is 6.07 Å². The maximum absolute atomic E-state index is 11.6. The third kappa shape index (κ3) is 3.29. The van der Waals surface area contributed by atoms with Gasteiger partial charge in [-0.3, -0.25) is 0 Å². The van der Waals surface area contributed by atoms with Crippen LogP contribution in [-0.2, 0) is 4.74 Å². The lowest BCUT2D eigenvalue weighted by Gasteiger charge is -2.34. The van der Waals surface area contributed by atoms with Gasteiger partial charge in [0.25, 0.3) is 0 Å². The Bertz CT molecular complexity index is 851. The number of anilines is 2. The average molecular weight is 377 g/mol. The number of aromatic nitrogens is 2. The molecule has 1 aromatic heterocycles. The van der Waals surface area contributed by atoms with E-state index >= 15 is 0 Å². The number of nitrogen functional groups attached to an aromatic ring is 1. The normalized spacial score (nSPS) is 14.2. The van der Waals surface area contributed by atoms with Crippen molar-refractivity contribution in [1.82, 2.24) is 14.9 Å². The van der Waals surface area contributed by atoms with Crippen molar-refractivity contribution in [1.29, 1.82) is 0 Å². The van der Waals surface area contributed by atoms with Crippen LogP contribution in [0.4, 0.5) is 16.6 Å². The van der Waals surface area contributed by atoms with E-state index in [0.29, 0.717) is 66.1 Å². The topological polar surface area (TPSA) is 112 Å². The van der Waals surface area contributed by atoms with Crippen molar-refractivity contribution in [3.05, 3.63) is 6.07 Å². The van der Waals surface area contributed by atoms with Crippen LogP contribution in [0.3, 0.4) is 0 Å². The molecular formula is C17H23N5O5. The third-order valence-corrected chi connectivity index (χ3v) is 4.51. The van der Waals surface area contributed by atoms with Crippen molar-refractivity contribution in [3.8, 4) is 17.2 Å². The van der Waals surface area contributed by atoms with Gasteiger partial charge < -0.3 is 34.5 Å². The Morgan fingerprint density at radius 3 is 2.22 bits per heavy atom. The molecule has 1 aliphatic rings. The van der Waals surface area contributed by atoms with Gasteiger partial charge in [-0.2, -0.15) is 4.98 Å². The number of carbonyl (C=O) groups is 1. The second kappa shape index (κ2) is 7.60. The Morgan fingerprint density at radius 1 is 1.00 bits per heavy atom. The highest BCUT2D eigenvalue weighted by molar-refractivity contribution is 5.97. The Kier molecular flexibility index (Phi) is 5.24. The van der Waals surface area contributed by atoms with E-state index in [-0.39, 0.29) is 6.09 Å². The van der Waals surface area contributed by atoms with Gasteiger partial charge in [0.1, 0.15) is 11.3 Å². The van der Waals surface area contributed by atoms with E-state index in [1.807, 2.05) is 4.90 Å².